The molecule has 3 aliphatic rings. The van der Waals surface area contributed by atoms with E-state index in [0.717, 1.165) is 62.1 Å². The van der Waals surface area contributed by atoms with Gasteiger partial charge >= 0.3 is 0 Å². The number of carbonyl (C=O) groups is 2. The summed E-state index contributed by atoms with van der Waals surface area (Å²) < 4.78 is 0. The Morgan fingerprint density at radius 1 is 1.14 bits per heavy atom. The number of fused-ring (bicyclic) bond motifs is 1. The number of anilines is 1. The maximum Gasteiger partial charge on any atom is 0.237 e. The first-order chi connectivity index (χ1) is 14.0. The summed E-state index contributed by atoms with van der Waals surface area (Å²) in [4.78, 5) is 30.5. The Bertz CT molecular complexity index is 760. The highest BCUT2D eigenvalue weighted by atomic mass is 16.3. The number of carbonyl (C=O) groups excluding carboxylic acids is 2. The molecule has 1 aromatic rings. The molecule has 1 saturated carbocycles. The van der Waals surface area contributed by atoms with Crippen LogP contribution in [0.2, 0.25) is 0 Å². The standard InChI is InChI=1S/C23H33N3O3/c1-17(27)25-11-5-6-18-14-19(9-10-21(18)25)22(28)15-24-12-13-26(23(29)16-24)20-7-3-2-4-8-20/h9-10,14,20,22,28H,2-8,11-13,15-16H2,1H3/t22-/m1/s1. The Balaban J connectivity index is 1.37. The van der Waals surface area contributed by atoms with E-state index in [4.69, 9.17) is 0 Å². The topological polar surface area (TPSA) is 64.1 Å². The second-order valence-electron chi connectivity index (χ2n) is 8.79. The van der Waals surface area contributed by atoms with Crippen LogP contribution in [0.3, 0.4) is 0 Å². The Hall–Kier alpha value is -1.92. The lowest BCUT2D eigenvalue weighted by atomic mass is 9.93. The molecule has 6 nitrogen and oxygen atoms in total. The van der Waals surface area contributed by atoms with E-state index in [2.05, 4.69) is 9.80 Å². The predicted octanol–water partition coefficient (Wildman–Crippen LogP) is 2.50. The number of aliphatic hydroxyl groups excluding tert-OH is 1. The predicted molar refractivity (Wildman–Crippen MR) is 113 cm³/mol. The fourth-order valence-electron chi connectivity index (χ4n) is 5.17. The summed E-state index contributed by atoms with van der Waals surface area (Å²) >= 11 is 0. The summed E-state index contributed by atoms with van der Waals surface area (Å²) in [6, 6.07) is 6.34. The van der Waals surface area contributed by atoms with Crippen molar-refractivity contribution in [3.8, 4) is 0 Å². The Morgan fingerprint density at radius 2 is 1.93 bits per heavy atom. The van der Waals surface area contributed by atoms with Gasteiger partial charge in [0.1, 0.15) is 0 Å². The van der Waals surface area contributed by atoms with Crippen LogP contribution in [0.1, 0.15) is 62.7 Å². The van der Waals surface area contributed by atoms with Crippen LogP contribution in [-0.4, -0.2) is 65.5 Å². The zero-order valence-electron chi connectivity index (χ0n) is 17.5. The monoisotopic (exact) mass is 399 g/mol. The third-order valence-electron chi connectivity index (χ3n) is 6.77. The summed E-state index contributed by atoms with van der Waals surface area (Å²) in [5.41, 5.74) is 2.97. The number of aliphatic hydroxyl groups is 1. The molecule has 6 heteroatoms. The second kappa shape index (κ2) is 8.84. The van der Waals surface area contributed by atoms with Gasteiger partial charge in [0, 0.05) is 44.8 Å². The molecule has 0 spiro atoms. The Morgan fingerprint density at radius 3 is 2.66 bits per heavy atom. The lowest BCUT2D eigenvalue weighted by Gasteiger charge is -2.41. The number of hydrogen-bond acceptors (Lipinski definition) is 4. The minimum atomic E-state index is -0.623. The molecular formula is C23H33N3O3. The van der Waals surface area contributed by atoms with Gasteiger partial charge in [-0.25, -0.2) is 0 Å². The molecule has 29 heavy (non-hydrogen) atoms. The van der Waals surface area contributed by atoms with Gasteiger partial charge in [-0.1, -0.05) is 31.4 Å². The summed E-state index contributed by atoms with van der Waals surface area (Å²) in [5, 5.41) is 10.8. The largest absolute Gasteiger partial charge is 0.387 e. The van der Waals surface area contributed by atoms with Gasteiger partial charge in [0.25, 0.3) is 0 Å². The number of β-amino-alcohol motifs (C(OH)–C–C–N with tert-alkyl or cyclic N) is 1. The first kappa shape index (κ1) is 20.4. The third kappa shape index (κ3) is 4.48. The van der Waals surface area contributed by atoms with E-state index in [1.54, 1.807) is 6.92 Å². The third-order valence-corrected chi connectivity index (χ3v) is 6.77. The molecule has 4 rings (SSSR count). The second-order valence-corrected chi connectivity index (χ2v) is 8.79. The zero-order valence-corrected chi connectivity index (χ0v) is 17.5. The quantitative estimate of drug-likeness (QED) is 0.845. The van der Waals surface area contributed by atoms with Gasteiger partial charge in [0.15, 0.2) is 0 Å². The fourth-order valence-corrected chi connectivity index (χ4v) is 5.17. The summed E-state index contributed by atoms with van der Waals surface area (Å²) in [6.07, 6.45) is 7.29. The van der Waals surface area contributed by atoms with Gasteiger partial charge in [-0.15, -0.1) is 0 Å². The van der Waals surface area contributed by atoms with Crippen LogP contribution in [0.25, 0.3) is 0 Å². The van der Waals surface area contributed by atoms with Crippen LogP contribution >= 0.6 is 0 Å². The molecule has 0 radical (unpaired) electrons. The van der Waals surface area contributed by atoms with E-state index >= 15 is 0 Å². The highest BCUT2D eigenvalue weighted by Crippen LogP contribution is 2.30. The van der Waals surface area contributed by atoms with Crippen molar-refractivity contribution in [2.75, 3.05) is 37.6 Å². The van der Waals surface area contributed by atoms with E-state index in [-0.39, 0.29) is 11.8 Å². The highest BCUT2D eigenvalue weighted by Gasteiger charge is 2.31. The molecule has 2 amide bonds. The van der Waals surface area contributed by atoms with Crippen molar-refractivity contribution < 1.29 is 14.7 Å². The van der Waals surface area contributed by atoms with E-state index < -0.39 is 6.10 Å². The average Bonchev–Trinajstić information content (AvgIpc) is 2.73. The van der Waals surface area contributed by atoms with Gasteiger partial charge in [0.2, 0.25) is 11.8 Å². The minimum absolute atomic E-state index is 0.0635. The first-order valence-electron chi connectivity index (χ1n) is 11.1. The van der Waals surface area contributed by atoms with Gasteiger partial charge in [0.05, 0.1) is 12.6 Å². The van der Waals surface area contributed by atoms with Crippen LogP contribution in [0, 0.1) is 0 Å². The molecule has 1 saturated heterocycles. The smallest absolute Gasteiger partial charge is 0.237 e. The maximum absolute atomic E-state index is 12.7. The average molecular weight is 400 g/mol. The normalized spacial score (nSPS) is 22.5. The van der Waals surface area contributed by atoms with Crippen molar-refractivity contribution in [1.82, 2.24) is 9.80 Å². The van der Waals surface area contributed by atoms with Crippen molar-refractivity contribution in [3.05, 3.63) is 29.3 Å². The van der Waals surface area contributed by atoms with Gasteiger partial charge in [-0.05, 0) is 42.9 Å². The van der Waals surface area contributed by atoms with E-state index in [9.17, 15) is 14.7 Å². The van der Waals surface area contributed by atoms with Crippen LogP contribution < -0.4 is 4.90 Å². The number of aryl methyl sites for hydroxylation is 1. The first-order valence-corrected chi connectivity index (χ1v) is 11.1. The minimum Gasteiger partial charge on any atom is -0.387 e. The van der Waals surface area contributed by atoms with Crippen LogP contribution in [0.4, 0.5) is 5.69 Å². The van der Waals surface area contributed by atoms with Crippen LogP contribution in [0.5, 0.6) is 0 Å². The number of nitrogens with zero attached hydrogens (tertiary/aromatic N) is 3. The molecule has 1 aromatic carbocycles. The summed E-state index contributed by atoms with van der Waals surface area (Å²) in [5.74, 6) is 0.270. The number of piperazine rings is 1. The Labute approximate surface area is 173 Å². The molecule has 158 valence electrons. The summed E-state index contributed by atoms with van der Waals surface area (Å²) in [6.45, 7) is 4.83. The fraction of sp³-hybridized carbons (Fsp3) is 0.652. The highest BCUT2D eigenvalue weighted by molar-refractivity contribution is 5.92. The molecule has 0 unspecified atom stereocenters. The van der Waals surface area contributed by atoms with E-state index in [0.29, 0.717) is 19.1 Å². The van der Waals surface area contributed by atoms with Crippen molar-refractivity contribution in [1.29, 1.82) is 0 Å². The van der Waals surface area contributed by atoms with Crippen molar-refractivity contribution in [2.45, 2.75) is 64.0 Å². The molecule has 0 aromatic heterocycles. The maximum atomic E-state index is 12.7. The molecular weight excluding hydrogens is 366 g/mol. The molecule has 1 aliphatic carbocycles. The van der Waals surface area contributed by atoms with Gasteiger partial charge < -0.3 is 14.9 Å². The molecule has 1 atom stereocenters. The SMILES string of the molecule is CC(=O)N1CCCc2cc([C@H](O)CN3CCN(C4CCCCC4)C(=O)C3)ccc21. The molecule has 1 N–H and O–H groups in total. The van der Waals surface area contributed by atoms with E-state index in [1.165, 1.54) is 19.3 Å². The molecule has 0 bridgehead atoms. The van der Waals surface area contributed by atoms with Crippen LogP contribution in [-0.2, 0) is 16.0 Å². The molecule has 2 heterocycles. The Kier molecular flexibility index (Phi) is 6.20. The zero-order chi connectivity index (χ0) is 20.4. The number of rotatable bonds is 4. The van der Waals surface area contributed by atoms with Crippen LogP contribution in [0.15, 0.2) is 18.2 Å². The molecule has 2 fully saturated rings. The molecule has 2 aliphatic heterocycles. The number of hydrogen-bond donors (Lipinski definition) is 1. The van der Waals surface area contributed by atoms with Crippen molar-refractivity contribution in [3.63, 3.8) is 0 Å². The number of amides is 2. The van der Waals surface area contributed by atoms with Gasteiger partial charge in [-0.3, -0.25) is 14.5 Å². The van der Waals surface area contributed by atoms with E-state index in [1.807, 2.05) is 23.1 Å². The lowest BCUT2D eigenvalue weighted by Crippen LogP contribution is -2.54. The van der Waals surface area contributed by atoms with Gasteiger partial charge in [-0.2, -0.15) is 0 Å². The lowest BCUT2D eigenvalue weighted by molar-refractivity contribution is -0.140. The number of benzene rings is 1. The summed E-state index contributed by atoms with van der Waals surface area (Å²) in [7, 11) is 0. The van der Waals surface area contributed by atoms with Crippen molar-refractivity contribution >= 4 is 17.5 Å². The van der Waals surface area contributed by atoms with Crippen molar-refractivity contribution in [2.24, 2.45) is 0 Å².